The van der Waals surface area contributed by atoms with Gasteiger partial charge in [0.25, 0.3) is 0 Å². The lowest BCUT2D eigenvalue weighted by atomic mass is 10.0. The first kappa shape index (κ1) is 15.2. The minimum Gasteiger partial charge on any atom is -0.264 e. The number of hydrogen-bond donors (Lipinski definition) is 0. The van der Waals surface area contributed by atoms with Crippen molar-refractivity contribution in [2.75, 3.05) is 0 Å². The molecule has 0 fully saturated rings. The van der Waals surface area contributed by atoms with Crippen LogP contribution in [0.2, 0.25) is 0 Å². The molecule has 0 radical (unpaired) electrons. The summed E-state index contributed by atoms with van der Waals surface area (Å²) in [7, 11) is 0. The van der Waals surface area contributed by atoms with Crippen LogP contribution in [0.3, 0.4) is 0 Å². The third-order valence-electron chi connectivity index (χ3n) is 2.13. The summed E-state index contributed by atoms with van der Waals surface area (Å²) < 4.78 is 0. The highest BCUT2D eigenvalue weighted by Crippen LogP contribution is 2.20. The molecule has 0 saturated carbocycles. The molecular weight excluding hydrogens is 206 g/mol. The second kappa shape index (κ2) is 8.35. The van der Waals surface area contributed by atoms with Gasteiger partial charge in [0.1, 0.15) is 0 Å². The molecule has 0 aliphatic rings. The Morgan fingerprint density at radius 1 is 1.06 bits per heavy atom. The van der Waals surface area contributed by atoms with Crippen LogP contribution < -0.4 is 0 Å². The predicted molar refractivity (Wildman–Crippen MR) is 77.1 cm³/mol. The van der Waals surface area contributed by atoms with Crippen molar-refractivity contribution >= 4 is 10.8 Å². The quantitative estimate of drug-likeness (QED) is 0.600. The maximum atomic E-state index is 5.41. The van der Waals surface area contributed by atoms with Crippen molar-refractivity contribution in [1.29, 1.82) is 0 Å². The zero-order valence-electron chi connectivity index (χ0n) is 11.4. The number of aryl methyl sites for hydroxylation is 1. The standard InChI is InChI=1S/C12H9N.2C2H6/c1-3-10-5-4-6-11-8-13-7-9(2)12(10)11;2*1-2/h1,4-8H,2H3;2*1-2H3. The normalized spacial score (nSPS) is 8.24. The van der Waals surface area contributed by atoms with E-state index in [4.69, 9.17) is 6.42 Å². The van der Waals surface area contributed by atoms with Gasteiger partial charge < -0.3 is 0 Å². The van der Waals surface area contributed by atoms with Crippen LogP contribution in [0.4, 0.5) is 0 Å². The average molecular weight is 227 g/mol. The van der Waals surface area contributed by atoms with Crippen molar-refractivity contribution in [3.63, 3.8) is 0 Å². The van der Waals surface area contributed by atoms with Gasteiger partial charge in [-0.15, -0.1) is 6.42 Å². The Morgan fingerprint density at radius 2 is 1.71 bits per heavy atom. The van der Waals surface area contributed by atoms with E-state index < -0.39 is 0 Å². The number of rotatable bonds is 0. The molecule has 0 aliphatic carbocycles. The summed E-state index contributed by atoms with van der Waals surface area (Å²) in [5, 5.41) is 2.25. The van der Waals surface area contributed by atoms with Crippen LogP contribution in [-0.2, 0) is 0 Å². The summed E-state index contributed by atoms with van der Waals surface area (Å²) in [5.74, 6) is 2.68. The molecule has 0 bridgehead atoms. The third kappa shape index (κ3) is 3.60. The van der Waals surface area contributed by atoms with Crippen molar-refractivity contribution in [3.8, 4) is 12.3 Å². The average Bonchev–Trinajstić information content (AvgIpc) is 2.43. The summed E-state index contributed by atoms with van der Waals surface area (Å²) in [4.78, 5) is 4.12. The Labute approximate surface area is 105 Å². The first-order chi connectivity index (χ1) is 8.33. The van der Waals surface area contributed by atoms with Gasteiger partial charge in [-0.1, -0.05) is 45.7 Å². The zero-order valence-corrected chi connectivity index (χ0v) is 11.4. The summed E-state index contributed by atoms with van der Waals surface area (Å²) in [5.41, 5.74) is 2.07. The lowest BCUT2D eigenvalue weighted by Gasteiger charge is -2.02. The maximum absolute atomic E-state index is 5.41. The molecule has 1 heterocycles. The molecular formula is C16H21N. The van der Waals surface area contributed by atoms with Gasteiger partial charge in [0.05, 0.1) is 0 Å². The number of nitrogens with zero attached hydrogens (tertiary/aromatic N) is 1. The monoisotopic (exact) mass is 227 g/mol. The van der Waals surface area contributed by atoms with E-state index in [1.807, 2.05) is 65.2 Å². The number of aromatic nitrogens is 1. The Kier molecular flexibility index (Phi) is 7.46. The fourth-order valence-corrected chi connectivity index (χ4v) is 1.53. The molecule has 2 aromatic rings. The highest BCUT2D eigenvalue weighted by atomic mass is 14.6. The molecule has 0 unspecified atom stereocenters. The van der Waals surface area contributed by atoms with E-state index in [1.54, 1.807) is 0 Å². The van der Waals surface area contributed by atoms with E-state index in [-0.39, 0.29) is 0 Å². The molecule has 17 heavy (non-hydrogen) atoms. The molecule has 1 aromatic carbocycles. The van der Waals surface area contributed by atoms with E-state index in [9.17, 15) is 0 Å². The molecule has 0 amide bonds. The van der Waals surface area contributed by atoms with Gasteiger partial charge in [-0.3, -0.25) is 4.98 Å². The van der Waals surface area contributed by atoms with Gasteiger partial charge in [0.2, 0.25) is 0 Å². The first-order valence-corrected chi connectivity index (χ1v) is 6.13. The van der Waals surface area contributed by atoms with Crippen molar-refractivity contribution < 1.29 is 0 Å². The van der Waals surface area contributed by atoms with Crippen LogP contribution >= 0.6 is 0 Å². The molecule has 1 nitrogen and oxygen atoms in total. The Morgan fingerprint density at radius 3 is 2.29 bits per heavy atom. The number of hydrogen-bond acceptors (Lipinski definition) is 1. The van der Waals surface area contributed by atoms with Gasteiger partial charge >= 0.3 is 0 Å². The van der Waals surface area contributed by atoms with Gasteiger partial charge in [-0.05, 0) is 18.6 Å². The Balaban J connectivity index is 0.000000581. The van der Waals surface area contributed by atoms with E-state index in [1.165, 1.54) is 0 Å². The van der Waals surface area contributed by atoms with E-state index in [0.29, 0.717) is 0 Å². The highest BCUT2D eigenvalue weighted by molar-refractivity contribution is 5.89. The zero-order chi connectivity index (χ0) is 13.3. The molecule has 1 aromatic heterocycles. The molecule has 0 aliphatic heterocycles. The smallest absolute Gasteiger partial charge is 0.0347 e. The molecule has 1 heteroatoms. The van der Waals surface area contributed by atoms with Gasteiger partial charge in [-0.2, -0.15) is 0 Å². The lowest BCUT2D eigenvalue weighted by molar-refractivity contribution is 1.31. The van der Waals surface area contributed by atoms with Crippen LogP contribution in [0.15, 0.2) is 30.6 Å². The molecule has 0 spiro atoms. The summed E-state index contributed by atoms with van der Waals surface area (Å²) in [6.45, 7) is 10.0. The van der Waals surface area contributed by atoms with Crippen molar-refractivity contribution in [2.45, 2.75) is 34.6 Å². The lowest BCUT2D eigenvalue weighted by Crippen LogP contribution is -1.85. The number of fused-ring (bicyclic) bond motifs is 1. The van der Waals surface area contributed by atoms with Crippen LogP contribution in [0.25, 0.3) is 10.8 Å². The summed E-state index contributed by atoms with van der Waals surface area (Å²) >= 11 is 0. The highest BCUT2D eigenvalue weighted by Gasteiger charge is 2.00. The second-order valence-electron chi connectivity index (χ2n) is 3.00. The third-order valence-corrected chi connectivity index (χ3v) is 2.13. The van der Waals surface area contributed by atoms with Crippen LogP contribution in [0.5, 0.6) is 0 Å². The van der Waals surface area contributed by atoms with Gasteiger partial charge in [0, 0.05) is 28.7 Å². The van der Waals surface area contributed by atoms with Crippen LogP contribution in [0, 0.1) is 19.3 Å². The van der Waals surface area contributed by atoms with Gasteiger partial charge in [-0.25, -0.2) is 0 Å². The SMILES string of the molecule is C#Cc1cccc2cncc(C)c12.CC.CC. The molecule has 2 rings (SSSR count). The number of pyridine rings is 1. The summed E-state index contributed by atoms with van der Waals surface area (Å²) in [6.07, 6.45) is 9.09. The Hall–Kier alpha value is -1.81. The number of benzene rings is 1. The minimum atomic E-state index is 0.942. The van der Waals surface area contributed by atoms with Crippen LogP contribution in [-0.4, -0.2) is 4.98 Å². The molecule has 90 valence electrons. The van der Waals surface area contributed by atoms with Gasteiger partial charge in [0.15, 0.2) is 0 Å². The molecule has 0 N–H and O–H groups in total. The van der Waals surface area contributed by atoms with Crippen molar-refractivity contribution in [3.05, 3.63) is 41.7 Å². The van der Waals surface area contributed by atoms with Crippen molar-refractivity contribution in [2.24, 2.45) is 0 Å². The van der Waals surface area contributed by atoms with E-state index >= 15 is 0 Å². The largest absolute Gasteiger partial charge is 0.264 e. The Bertz CT molecular complexity index is 487. The fourth-order valence-electron chi connectivity index (χ4n) is 1.53. The van der Waals surface area contributed by atoms with Crippen LogP contribution in [0.1, 0.15) is 38.8 Å². The van der Waals surface area contributed by atoms with E-state index in [2.05, 4.69) is 10.9 Å². The molecule has 0 atom stereocenters. The fraction of sp³-hybridized carbons (Fsp3) is 0.312. The van der Waals surface area contributed by atoms with Crippen molar-refractivity contribution in [1.82, 2.24) is 4.98 Å². The topological polar surface area (TPSA) is 12.9 Å². The number of terminal acetylenes is 1. The maximum Gasteiger partial charge on any atom is 0.0347 e. The summed E-state index contributed by atoms with van der Waals surface area (Å²) in [6, 6.07) is 5.93. The first-order valence-electron chi connectivity index (χ1n) is 6.13. The second-order valence-corrected chi connectivity index (χ2v) is 3.00. The minimum absolute atomic E-state index is 0.942. The van der Waals surface area contributed by atoms with E-state index in [0.717, 1.165) is 21.9 Å². The predicted octanol–water partition coefficient (Wildman–Crippen LogP) is 4.58. The molecule has 0 saturated heterocycles.